The first-order chi connectivity index (χ1) is 4.86. The van der Waals surface area contributed by atoms with Gasteiger partial charge in [0.25, 0.3) is 0 Å². The largest absolute Gasteiger partial charge is 0.393 e. The Balaban J connectivity index is 2.01. The molecule has 0 saturated heterocycles. The number of aliphatic imine (C=N–C) groups is 1. The average Bonchev–Trinajstić information content (AvgIpc) is 2.33. The molecule has 0 radical (unpaired) electrons. The van der Waals surface area contributed by atoms with Gasteiger partial charge in [0.15, 0.2) is 0 Å². The molecule has 3 atom stereocenters. The van der Waals surface area contributed by atoms with E-state index in [0.29, 0.717) is 11.3 Å². The van der Waals surface area contributed by atoms with Crippen molar-refractivity contribution in [3.8, 4) is 0 Å². The van der Waals surface area contributed by atoms with Gasteiger partial charge >= 0.3 is 0 Å². The fourth-order valence-electron chi connectivity index (χ4n) is 1.60. The standard InChI is InChI=1S/C7H11NOS/c9-5-1-2-6-7(3-5)10-4-8-6/h4-7,9H,1-3H2. The summed E-state index contributed by atoms with van der Waals surface area (Å²) >= 11 is 1.78. The van der Waals surface area contributed by atoms with E-state index in [4.69, 9.17) is 0 Å². The summed E-state index contributed by atoms with van der Waals surface area (Å²) in [5, 5.41) is 9.87. The Morgan fingerprint density at radius 1 is 1.50 bits per heavy atom. The van der Waals surface area contributed by atoms with Crippen LogP contribution in [0.15, 0.2) is 4.99 Å². The van der Waals surface area contributed by atoms with Crippen LogP contribution in [0.1, 0.15) is 19.3 Å². The van der Waals surface area contributed by atoms with Crippen LogP contribution in [0.2, 0.25) is 0 Å². The smallest absolute Gasteiger partial charge is 0.0630 e. The minimum atomic E-state index is -0.0598. The Hall–Kier alpha value is -0.0200. The molecular formula is C7H11NOS. The molecule has 3 unspecified atom stereocenters. The van der Waals surface area contributed by atoms with Gasteiger partial charge in [-0.25, -0.2) is 0 Å². The van der Waals surface area contributed by atoms with E-state index >= 15 is 0 Å². The molecule has 2 nitrogen and oxygen atoms in total. The Morgan fingerprint density at radius 3 is 3.30 bits per heavy atom. The number of fused-ring (bicyclic) bond motifs is 1. The number of rotatable bonds is 0. The van der Waals surface area contributed by atoms with Crippen molar-refractivity contribution in [3.63, 3.8) is 0 Å². The lowest BCUT2D eigenvalue weighted by atomic mass is 9.93. The van der Waals surface area contributed by atoms with Crippen molar-refractivity contribution < 1.29 is 5.11 Å². The lowest BCUT2D eigenvalue weighted by Crippen LogP contribution is -2.30. The SMILES string of the molecule is OC1CCC2N=CSC2C1. The molecule has 1 saturated carbocycles. The van der Waals surface area contributed by atoms with Crippen LogP contribution in [-0.4, -0.2) is 28.0 Å². The normalized spacial score (nSPS) is 45.5. The quantitative estimate of drug-likeness (QED) is 0.570. The Labute approximate surface area is 64.7 Å². The van der Waals surface area contributed by atoms with Gasteiger partial charge in [0.2, 0.25) is 0 Å². The number of hydrogen-bond acceptors (Lipinski definition) is 3. The fourth-order valence-corrected chi connectivity index (χ4v) is 2.70. The molecule has 56 valence electrons. The van der Waals surface area contributed by atoms with Gasteiger partial charge in [-0.1, -0.05) is 0 Å². The monoisotopic (exact) mass is 157 g/mol. The maximum absolute atomic E-state index is 9.29. The Kier molecular flexibility index (Phi) is 1.70. The molecule has 0 aromatic rings. The molecular weight excluding hydrogens is 146 g/mol. The maximum atomic E-state index is 9.29. The van der Waals surface area contributed by atoms with Gasteiger partial charge in [-0.2, -0.15) is 0 Å². The average molecular weight is 157 g/mol. The highest BCUT2D eigenvalue weighted by molar-refractivity contribution is 8.12. The Bertz CT molecular complexity index is 160. The topological polar surface area (TPSA) is 32.6 Å². The van der Waals surface area contributed by atoms with Crippen LogP contribution >= 0.6 is 11.8 Å². The van der Waals surface area contributed by atoms with Crippen LogP contribution in [0.4, 0.5) is 0 Å². The fraction of sp³-hybridized carbons (Fsp3) is 0.857. The summed E-state index contributed by atoms with van der Waals surface area (Å²) in [5.74, 6) is 0. The first-order valence-corrected chi connectivity index (χ1v) is 4.66. The van der Waals surface area contributed by atoms with E-state index in [-0.39, 0.29) is 6.10 Å². The van der Waals surface area contributed by atoms with Gasteiger partial charge in [-0.3, -0.25) is 4.99 Å². The second-order valence-corrected chi connectivity index (χ2v) is 4.05. The summed E-state index contributed by atoms with van der Waals surface area (Å²) in [6.07, 6.45) is 2.90. The maximum Gasteiger partial charge on any atom is 0.0630 e. The Morgan fingerprint density at radius 2 is 2.40 bits per heavy atom. The minimum Gasteiger partial charge on any atom is -0.393 e. The lowest BCUT2D eigenvalue weighted by molar-refractivity contribution is 0.127. The highest BCUT2D eigenvalue weighted by Gasteiger charge is 2.31. The van der Waals surface area contributed by atoms with Crippen LogP contribution < -0.4 is 0 Å². The zero-order valence-electron chi connectivity index (χ0n) is 5.73. The number of aliphatic hydroxyl groups is 1. The first kappa shape index (κ1) is 6.68. The van der Waals surface area contributed by atoms with E-state index in [2.05, 4.69) is 4.99 Å². The summed E-state index contributed by atoms with van der Waals surface area (Å²) in [5.41, 5.74) is 1.94. The zero-order valence-corrected chi connectivity index (χ0v) is 6.55. The van der Waals surface area contributed by atoms with Gasteiger partial charge in [0, 0.05) is 5.25 Å². The van der Waals surface area contributed by atoms with Crippen LogP contribution in [0.3, 0.4) is 0 Å². The van der Waals surface area contributed by atoms with Crippen molar-refractivity contribution >= 4 is 17.3 Å². The van der Waals surface area contributed by atoms with Crippen LogP contribution in [0, 0.1) is 0 Å². The molecule has 1 fully saturated rings. The third kappa shape index (κ3) is 1.08. The highest BCUT2D eigenvalue weighted by atomic mass is 32.2. The number of hydrogen-bond donors (Lipinski definition) is 1. The van der Waals surface area contributed by atoms with Gasteiger partial charge < -0.3 is 5.11 Å². The third-order valence-corrected chi connectivity index (χ3v) is 3.32. The summed E-state index contributed by atoms with van der Waals surface area (Å²) in [6.45, 7) is 0. The van der Waals surface area contributed by atoms with Crippen molar-refractivity contribution in [3.05, 3.63) is 0 Å². The molecule has 10 heavy (non-hydrogen) atoms. The van der Waals surface area contributed by atoms with Gasteiger partial charge in [0.1, 0.15) is 0 Å². The molecule has 3 heteroatoms. The number of nitrogens with zero attached hydrogens (tertiary/aromatic N) is 1. The predicted molar refractivity (Wildman–Crippen MR) is 43.5 cm³/mol. The molecule has 0 amide bonds. The molecule has 0 aromatic heterocycles. The van der Waals surface area contributed by atoms with Gasteiger partial charge in [-0.15, -0.1) is 11.8 Å². The van der Waals surface area contributed by atoms with E-state index in [9.17, 15) is 5.11 Å². The van der Waals surface area contributed by atoms with Gasteiger partial charge in [0.05, 0.1) is 17.7 Å². The van der Waals surface area contributed by atoms with Crippen molar-refractivity contribution in [1.29, 1.82) is 0 Å². The lowest BCUT2D eigenvalue weighted by Gasteiger charge is -2.26. The van der Waals surface area contributed by atoms with Crippen molar-refractivity contribution in [2.24, 2.45) is 4.99 Å². The number of aliphatic hydroxyl groups excluding tert-OH is 1. The highest BCUT2D eigenvalue weighted by Crippen LogP contribution is 2.33. The molecule has 0 spiro atoms. The summed E-state index contributed by atoms with van der Waals surface area (Å²) in [4.78, 5) is 4.32. The summed E-state index contributed by atoms with van der Waals surface area (Å²) in [6, 6.07) is 0.522. The van der Waals surface area contributed by atoms with Crippen LogP contribution in [-0.2, 0) is 0 Å². The summed E-state index contributed by atoms with van der Waals surface area (Å²) < 4.78 is 0. The van der Waals surface area contributed by atoms with Crippen molar-refractivity contribution in [2.45, 2.75) is 36.7 Å². The van der Waals surface area contributed by atoms with E-state index in [1.54, 1.807) is 11.8 Å². The van der Waals surface area contributed by atoms with Crippen molar-refractivity contribution in [2.75, 3.05) is 0 Å². The van der Waals surface area contributed by atoms with Crippen molar-refractivity contribution in [1.82, 2.24) is 0 Å². The molecule has 1 aliphatic heterocycles. The molecule has 2 rings (SSSR count). The molecule has 1 heterocycles. The van der Waals surface area contributed by atoms with Crippen LogP contribution in [0.25, 0.3) is 0 Å². The van der Waals surface area contributed by atoms with E-state index in [0.717, 1.165) is 19.3 Å². The zero-order chi connectivity index (χ0) is 6.97. The molecule has 0 bridgehead atoms. The molecule has 0 aromatic carbocycles. The second kappa shape index (κ2) is 2.55. The minimum absolute atomic E-state index is 0.0598. The second-order valence-electron chi connectivity index (χ2n) is 2.96. The molecule has 2 aliphatic rings. The molecule has 1 aliphatic carbocycles. The van der Waals surface area contributed by atoms with E-state index in [1.165, 1.54) is 0 Å². The number of thioether (sulfide) groups is 1. The van der Waals surface area contributed by atoms with Gasteiger partial charge in [-0.05, 0) is 19.3 Å². The van der Waals surface area contributed by atoms with Crippen LogP contribution in [0.5, 0.6) is 0 Å². The molecule has 1 N–H and O–H groups in total. The van der Waals surface area contributed by atoms with E-state index in [1.807, 2.05) is 5.55 Å². The third-order valence-electron chi connectivity index (χ3n) is 2.22. The summed E-state index contributed by atoms with van der Waals surface area (Å²) in [7, 11) is 0. The van der Waals surface area contributed by atoms with E-state index < -0.39 is 0 Å². The predicted octanol–water partition coefficient (Wildman–Crippen LogP) is 1.04. The first-order valence-electron chi connectivity index (χ1n) is 3.71.